The van der Waals surface area contributed by atoms with E-state index in [4.69, 9.17) is 23.2 Å². The van der Waals surface area contributed by atoms with E-state index in [0.717, 1.165) is 6.07 Å². The van der Waals surface area contributed by atoms with Gasteiger partial charge in [0.25, 0.3) is 5.91 Å². The number of rotatable bonds is 8. The molecule has 0 bridgehead atoms. The highest BCUT2D eigenvalue weighted by Gasteiger charge is 2.91. The van der Waals surface area contributed by atoms with Crippen LogP contribution in [0.3, 0.4) is 0 Å². The Labute approximate surface area is 208 Å². The molecule has 2 aromatic carbocycles. The minimum atomic E-state index is -8.05. The summed E-state index contributed by atoms with van der Waals surface area (Å²) in [5.41, 5.74) is -3.79. The average molecular weight is 598 g/mol. The van der Waals surface area contributed by atoms with Crippen LogP contribution in [0.4, 0.5) is 57.1 Å². The smallest absolute Gasteiger partial charge is 0.348 e. The van der Waals surface area contributed by atoms with Gasteiger partial charge in [0.2, 0.25) is 0 Å². The lowest BCUT2D eigenvalue weighted by Gasteiger charge is -2.40. The Kier molecular flexibility index (Phi) is 8.09. The maximum atomic E-state index is 14.6. The first kappa shape index (κ1) is 30.8. The number of benzene rings is 2. The highest BCUT2D eigenvalue weighted by Crippen LogP contribution is 2.62. The monoisotopic (exact) mass is 597 g/mol. The summed E-state index contributed by atoms with van der Waals surface area (Å²) in [5, 5.41) is 1.98. The Bertz CT molecular complexity index is 1170. The normalized spacial score (nSPS) is 14.0. The van der Waals surface area contributed by atoms with Gasteiger partial charge in [-0.3, -0.25) is 4.79 Å². The van der Waals surface area contributed by atoms with Crippen molar-refractivity contribution < 1.29 is 61.9 Å². The van der Waals surface area contributed by atoms with Crippen molar-refractivity contribution in [2.45, 2.75) is 42.3 Å². The fraction of sp³-hybridized carbons (Fsp3) is 0.350. The lowest BCUT2D eigenvalue weighted by atomic mass is 9.88. The first-order valence-corrected chi connectivity index (χ1v) is 10.1. The summed E-state index contributed by atoms with van der Waals surface area (Å²) in [6.45, 7) is -0.586. The average Bonchev–Trinajstić information content (AvgIpc) is 2.77. The third kappa shape index (κ3) is 5.03. The zero-order valence-corrected chi connectivity index (χ0v) is 18.8. The molecule has 2 nitrogen and oxygen atoms in total. The van der Waals surface area contributed by atoms with Crippen LogP contribution in [-0.4, -0.2) is 35.8 Å². The van der Waals surface area contributed by atoms with Crippen LogP contribution < -0.4 is 5.32 Å². The van der Waals surface area contributed by atoms with Crippen molar-refractivity contribution in [1.29, 1.82) is 0 Å². The Morgan fingerprint density at radius 1 is 0.703 bits per heavy atom. The number of carbonyl (C=O) groups excluding carboxylic acids is 1. The summed E-state index contributed by atoms with van der Waals surface area (Å²) >= 11 is 11.5. The number of amides is 1. The van der Waals surface area contributed by atoms with Gasteiger partial charge in [0, 0.05) is 27.7 Å². The fourth-order valence-electron chi connectivity index (χ4n) is 2.83. The minimum absolute atomic E-state index is 0.0644. The quantitative estimate of drug-likeness (QED) is 0.306. The summed E-state index contributed by atoms with van der Waals surface area (Å²) in [5.74, 6) is -39.7. The van der Waals surface area contributed by atoms with Crippen LogP contribution in [-0.2, 0) is 12.5 Å². The van der Waals surface area contributed by atoms with Gasteiger partial charge in [0.15, 0.2) is 0 Å². The maximum absolute atomic E-state index is 14.6. The van der Waals surface area contributed by atoms with Crippen LogP contribution in [0, 0.1) is 0 Å². The molecule has 0 aromatic heterocycles. The van der Waals surface area contributed by atoms with E-state index in [1.807, 2.05) is 5.32 Å². The molecule has 206 valence electrons. The van der Waals surface area contributed by atoms with Crippen molar-refractivity contribution in [1.82, 2.24) is 5.32 Å². The molecule has 17 heteroatoms. The van der Waals surface area contributed by atoms with Crippen molar-refractivity contribution in [2.24, 2.45) is 0 Å². The molecule has 0 atom stereocenters. The second kappa shape index (κ2) is 9.71. The van der Waals surface area contributed by atoms with Crippen molar-refractivity contribution in [3.63, 3.8) is 0 Å². The summed E-state index contributed by atoms with van der Waals surface area (Å²) in [6, 6.07) is 5.18. The molecule has 0 heterocycles. The van der Waals surface area contributed by atoms with Crippen molar-refractivity contribution >= 4 is 29.1 Å². The molecular formula is C20H10Cl2F13NO. The number of carbonyl (C=O) groups is 1. The van der Waals surface area contributed by atoms with Gasteiger partial charge >= 0.3 is 35.8 Å². The van der Waals surface area contributed by atoms with Crippen molar-refractivity contribution in [2.75, 3.05) is 0 Å². The molecule has 0 spiro atoms. The third-order valence-electron chi connectivity index (χ3n) is 4.90. The Hall–Kier alpha value is -2.42. The highest BCUT2D eigenvalue weighted by molar-refractivity contribution is 6.35. The number of alkyl halides is 13. The zero-order chi connectivity index (χ0) is 28.8. The second-order valence-corrected chi connectivity index (χ2v) is 8.18. The third-order valence-corrected chi connectivity index (χ3v) is 5.48. The molecule has 37 heavy (non-hydrogen) atoms. The molecule has 0 fully saturated rings. The Balaban J connectivity index is 2.51. The highest BCUT2D eigenvalue weighted by atomic mass is 35.5. The van der Waals surface area contributed by atoms with Gasteiger partial charge in [-0.1, -0.05) is 47.5 Å². The van der Waals surface area contributed by atoms with E-state index < -0.39 is 59.4 Å². The molecule has 0 saturated carbocycles. The van der Waals surface area contributed by atoms with Crippen molar-refractivity contribution in [3.8, 4) is 0 Å². The van der Waals surface area contributed by atoms with Gasteiger partial charge in [-0.05, 0) is 23.8 Å². The molecule has 0 saturated heterocycles. The molecular weight excluding hydrogens is 588 g/mol. The van der Waals surface area contributed by atoms with E-state index >= 15 is 0 Å². The van der Waals surface area contributed by atoms with E-state index in [2.05, 4.69) is 0 Å². The number of nitrogens with one attached hydrogen (secondary N) is 1. The van der Waals surface area contributed by atoms with E-state index in [1.54, 1.807) is 0 Å². The van der Waals surface area contributed by atoms with E-state index in [-0.39, 0.29) is 21.7 Å². The van der Waals surface area contributed by atoms with Gasteiger partial charge < -0.3 is 5.32 Å². The van der Waals surface area contributed by atoms with Gasteiger partial charge in [-0.15, -0.1) is 0 Å². The standard InChI is InChI=1S/C20H10Cl2F13NO/c21-10-6-5-9(13(22)7-10)8-36-14(37)11-3-1-2-4-12(11)15(23,24)16(25,26)17(27,28)18(29,30)19(31,32)20(33,34)35/h1-7H,8H2,(H,36,37). The predicted octanol–water partition coefficient (Wildman–Crippen LogP) is 8.12. The lowest BCUT2D eigenvalue weighted by molar-refractivity contribution is -0.441. The SMILES string of the molecule is O=C(NCc1ccc(Cl)cc1Cl)c1ccccc1C(F)(F)C(F)(F)C(F)(F)C(F)(F)C(F)(F)C(F)(F)F. The van der Waals surface area contributed by atoms with Crippen LogP contribution in [0.5, 0.6) is 0 Å². The van der Waals surface area contributed by atoms with Crippen LogP contribution >= 0.6 is 23.2 Å². The van der Waals surface area contributed by atoms with Crippen molar-refractivity contribution in [3.05, 3.63) is 69.2 Å². The Morgan fingerprint density at radius 2 is 1.22 bits per heavy atom. The molecule has 1 amide bonds. The first-order valence-electron chi connectivity index (χ1n) is 9.31. The van der Waals surface area contributed by atoms with Crippen LogP contribution in [0.25, 0.3) is 0 Å². The fourth-order valence-corrected chi connectivity index (χ4v) is 3.30. The summed E-state index contributed by atoms with van der Waals surface area (Å²) in [4.78, 5) is 12.4. The molecule has 0 aliphatic rings. The van der Waals surface area contributed by atoms with Crippen LogP contribution in [0.1, 0.15) is 21.5 Å². The first-order chi connectivity index (χ1) is 16.5. The maximum Gasteiger partial charge on any atom is 0.460 e. The van der Waals surface area contributed by atoms with E-state index in [9.17, 15) is 61.9 Å². The lowest BCUT2D eigenvalue weighted by Crippen LogP contribution is -2.69. The van der Waals surface area contributed by atoms with Gasteiger partial charge in [0.05, 0.1) is 0 Å². The zero-order valence-electron chi connectivity index (χ0n) is 17.3. The summed E-state index contributed by atoms with van der Waals surface area (Å²) < 4.78 is 175. The molecule has 0 aliphatic carbocycles. The van der Waals surface area contributed by atoms with E-state index in [1.165, 1.54) is 18.2 Å². The molecule has 0 aliphatic heterocycles. The number of hydrogen-bond acceptors (Lipinski definition) is 1. The molecule has 2 aromatic rings. The van der Waals surface area contributed by atoms with Crippen LogP contribution in [0.2, 0.25) is 10.0 Å². The predicted molar refractivity (Wildman–Crippen MR) is 104 cm³/mol. The summed E-state index contributed by atoms with van der Waals surface area (Å²) in [6.07, 6.45) is -7.52. The van der Waals surface area contributed by atoms with E-state index in [0.29, 0.717) is 12.1 Å². The number of hydrogen-bond donors (Lipinski definition) is 1. The largest absolute Gasteiger partial charge is 0.460 e. The molecule has 2 rings (SSSR count). The van der Waals surface area contributed by atoms with Crippen LogP contribution in [0.15, 0.2) is 42.5 Å². The molecule has 1 N–H and O–H groups in total. The Morgan fingerprint density at radius 3 is 1.73 bits per heavy atom. The molecule has 0 unspecified atom stereocenters. The van der Waals surface area contributed by atoms with Gasteiger partial charge in [-0.2, -0.15) is 57.1 Å². The summed E-state index contributed by atoms with van der Waals surface area (Å²) in [7, 11) is 0. The second-order valence-electron chi connectivity index (χ2n) is 7.33. The molecule has 0 radical (unpaired) electrons. The number of halogens is 15. The minimum Gasteiger partial charge on any atom is -0.348 e. The topological polar surface area (TPSA) is 29.1 Å². The van der Waals surface area contributed by atoms with Gasteiger partial charge in [-0.25, -0.2) is 0 Å². The van der Waals surface area contributed by atoms with Gasteiger partial charge in [0.1, 0.15) is 0 Å².